The number of nitro benzene ring substituents is 1. The third kappa shape index (κ3) is 4.62. The third-order valence-electron chi connectivity index (χ3n) is 2.16. The Labute approximate surface area is 108 Å². The van der Waals surface area contributed by atoms with Gasteiger partial charge >= 0.3 is 0 Å². The molecule has 0 aliphatic rings. The van der Waals surface area contributed by atoms with Gasteiger partial charge in [0.2, 0.25) is 0 Å². The highest BCUT2D eigenvalue weighted by Crippen LogP contribution is 2.19. The summed E-state index contributed by atoms with van der Waals surface area (Å²) in [6, 6.07) is 2.47. The van der Waals surface area contributed by atoms with Gasteiger partial charge in [0.05, 0.1) is 10.7 Å². The first-order chi connectivity index (χ1) is 8.70. The Morgan fingerprint density at radius 2 is 2.11 bits per heavy atom. The van der Waals surface area contributed by atoms with Crippen LogP contribution in [0.25, 0.3) is 0 Å². The van der Waals surface area contributed by atoms with Crippen LogP contribution in [0.15, 0.2) is 18.2 Å². The minimum Gasteiger partial charge on any atom is -0.351 e. The average Bonchev–Trinajstić information content (AvgIpc) is 2.26. The number of sulfone groups is 1. The summed E-state index contributed by atoms with van der Waals surface area (Å²) in [4.78, 5) is 21.5. The monoisotopic (exact) mass is 290 g/mol. The van der Waals surface area contributed by atoms with Gasteiger partial charge in [0.15, 0.2) is 0 Å². The molecule has 1 N–H and O–H groups in total. The van der Waals surface area contributed by atoms with Crippen LogP contribution in [0.4, 0.5) is 10.1 Å². The van der Waals surface area contributed by atoms with Gasteiger partial charge in [0.1, 0.15) is 21.2 Å². The molecule has 7 nitrogen and oxygen atoms in total. The van der Waals surface area contributed by atoms with Gasteiger partial charge in [-0.3, -0.25) is 14.9 Å². The Balaban J connectivity index is 2.87. The number of hydrogen-bond donors (Lipinski definition) is 1. The largest absolute Gasteiger partial charge is 0.351 e. The van der Waals surface area contributed by atoms with Crippen molar-refractivity contribution < 1.29 is 22.5 Å². The van der Waals surface area contributed by atoms with Gasteiger partial charge in [-0.1, -0.05) is 0 Å². The van der Waals surface area contributed by atoms with Crippen molar-refractivity contribution in [2.75, 3.05) is 18.6 Å². The van der Waals surface area contributed by atoms with Gasteiger partial charge in [-0.15, -0.1) is 0 Å². The van der Waals surface area contributed by atoms with Crippen molar-refractivity contribution in [3.63, 3.8) is 0 Å². The molecule has 19 heavy (non-hydrogen) atoms. The lowest BCUT2D eigenvalue weighted by molar-refractivity contribution is -0.385. The highest BCUT2D eigenvalue weighted by molar-refractivity contribution is 7.90. The molecule has 0 saturated heterocycles. The van der Waals surface area contributed by atoms with E-state index in [1.54, 1.807) is 0 Å². The fourth-order valence-electron chi connectivity index (χ4n) is 1.29. The number of nitro groups is 1. The van der Waals surface area contributed by atoms with Gasteiger partial charge in [-0.25, -0.2) is 12.8 Å². The van der Waals surface area contributed by atoms with E-state index in [1.165, 1.54) is 0 Å². The molecule has 104 valence electrons. The summed E-state index contributed by atoms with van der Waals surface area (Å²) in [5.41, 5.74) is -0.989. The Morgan fingerprint density at radius 1 is 1.47 bits per heavy atom. The Morgan fingerprint density at radius 3 is 2.63 bits per heavy atom. The van der Waals surface area contributed by atoms with Crippen molar-refractivity contribution in [2.24, 2.45) is 0 Å². The van der Waals surface area contributed by atoms with Crippen molar-refractivity contribution in [1.82, 2.24) is 5.32 Å². The first kappa shape index (κ1) is 15.0. The van der Waals surface area contributed by atoms with Crippen molar-refractivity contribution in [3.8, 4) is 0 Å². The van der Waals surface area contributed by atoms with Crippen LogP contribution in [-0.2, 0) is 9.84 Å². The predicted molar refractivity (Wildman–Crippen MR) is 65.1 cm³/mol. The number of carbonyl (C=O) groups excluding carboxylic acids is 1. The van der Waals surface area contributed by atoms with Gasteiger partial charge in [-0.05, 0) is 12.1 Å². The first-order valence-corrected chi connectivity index (χ1v) is 7.16. The molecule has 0 fully saturated rings. The predicted octanol–water partition coefficient (Wildman–Crippen LogP) is 0.508. The van der Waals surface area contributed by atoms with Gasteiger partial charge in [-0.2, -0.15) is 0 Å². The summed E-state index contributed by atoms with van der Waals surface area (Å²) in [6.45, 7) is -0.203. The van der Waals surface area contributed by atoms with E-state index in [1.807, 2.05) is 0 Å². The van der Waals surface area contributed by atoms with Crippen LogP contribution in [0.2, 0.25) is 0 Å². The average molecular weight is 290 g/mol. The topological polar surface area (TPSA) is 106 Å². The van der Waals surface area contributed by atoms with E-state index in [9.17, 15) is 27.7 Å². The summed E-state index contributed by atoms with van der Waals surface area (Å²) >= 11 is 0. The van der Waals surface area contributed by atoms with Crippen molar-refractivity contribution in [3.05, 3.63) is 39.7 Å². The summed E-state index contributed by atoms with van der Waals surface area (Å²) in [5, 5.41) is 12.9. The normalized spacial score (nSPS) is 11.1. The lowest BCUT2D eigenvalue weighted by Crippen LogP contribution is -2.29. The fourth-order valence-corrected chi connectivity index (χ4v) is 1.77. The van der Waals surface area contributed by atoms with E-state index < -0.39 is 37.7 Å². The van der Waals surface area contributed by atoms with Crippen molar-refractivity contribution >= 4 is 21.4 Å². The van der Waals surface area contributed by atoms with Gasteiger partial charge in [0, 0.05) is 18.9 Å². The molecule has 1 amide bonds. The molecule has 1 aromatic rings. The molecule has 0 aliphatic heterocycles. The molecule has 1 rings (SSSR count). The number of halogens is 1. The second-order valence-electron chi connectivity index (χ2n) is 3.80. The second-order valence-corrected chi connectivity index (χ2v) is 6.06. The lowest BCUT2D eigenvalue weighted by atomic mass is 10.1. The van der Waals surface area contributed by atoms with E-state index in [0.717, 1.165) is 24.5 Å². The molecule has 0 heterocycles. The van der Waals surface area contributed by atoms with E-state index in [0.29, 0.717) is 0 Å². The van der Waals surface area contributed by atoms with Crippen LogP contribution in [0.5, 0.6) is 0 Å². The van der Waals surface area contributed by atoms with Crippen molar-refractivity contribution in [2.45, 2.75) is 0 Å². The second kappa shape index (κ2) is 5.74. The molecule has 0 saturated carbocycles. The molecule has 0 unspecified atom stereocenters. The molecule has 0 radical (unpaired) electrons. The highest BCUT2D eigenvalue weighted by atomic mass is 32.2. The number of nitrogens with zero attached hydrogens (tertiary/aromatic N) is 1. The maximum absolute atomic E-state index is 13.0. The highest BCUT2D eigenvalue weighted by Gasteiger charge is 2.20. The summed E-state index contributed by atoms with van der Waals surface area (Å²) in [7, 11) is -3.26. The van der Waals surface area contributed by atoms with E-state index in [4.69, 9.17) is 0 Å². The molecule has 0 bridgehead atoms. The molecule has 9 heteroatoms. The van der Waals surface area contributed by atoms with E-state index in [2.05, 4.69) is 5.32 Å². The molecule has 1 aromatic carbocycles. The maximum atomic E-state index is 13.0. The molecule has 0 atom stereocenters. The number of carbonyl (C=O) groups is 1. The number of amides is 1. The van der Waals surface area contributed by atoms with Crippen LogP contribution in [0.1, 0.15) is 10.4 Å². The first-order valence-electron chi connectivity index (χ1n) is 5.10. The minimum absolute atomic E-state index is 0.203. The molecule has 0 spiro atoms. The molecule has 0 aliphatic carbocycles. The Hall–Kier alpha value is -2.03. The third-order valence-corrected chi connectivity index (χ3v) is 3.10. The smallest absolute Gasteiger partial charge is 0.282 e. The Bertz CT molecular complexity index is 614. The van der Waals surface area contributed by atoms with E-state index in [-0.39, 0.29) is 12.3 Å². The van der Waals surface area contributed by atoms with Crippen LogP contribution in [0.3, 0.4) is 0 Å². The number of benzene rings is 1. The van der Waals surface area contributed by atoms with Gasteiger partial charge in [0.25, 0.3) is 11.6 Å². The number of hydrogen-bond acceptors (Lipinski definition) is 5. The Kier molecular flexibility index (Phi) is 4.54. The summed E-state index contributed by atoms with van der Waals surface area (Å²) < 4.78 is 34.7. The fraction of sp³-hybridized carbons (Fsp3) is 0.300. The van der Waals surface area contributed by atoms with E-state index >= 15 is 0 Å². The minimum atomic E-state index is -3.26. The SMILES string of the molecule is CS(=O)(=O)CCNC(=O)c1cc(F)ccc1[N+](=O)[O-]. The lowest BCUT2D eigenvalue weighted by Gasteiger charge is -2.05. The standard InChI is InChI=1S/C10H11FN2O5S/c1-19(17,18)5-4-12-10(14)8-6-7(11)2-3-9(8)13(15)16/h2-3,6H,4-5H2,1H3,(H,12,14). The zero-order valence-electron chi connectivity index (χ0n) is 9.92. The maximum Gasteiger partial charge on any atom is 0.282 e. The van der Waals surface area contributed by atoms with Gasteiger partial charge < -0.3 is 5.32 Å². The summed E-state index contributed by atoms with van der Waals surface area (Å²) in [5.74, 6) is -1.99. The van der Waals surface area contributed by atoms with Crippen LogP contribution in [-0.4, -0.2) is 37.8 Å². The van der Waals surface area contributed by atoms with Crippen LogP contribution < -0.4 is 5.32 Å². The molecule has 0 aromatic heterocycles. The number of rotatable bonds is 5. The van der Waals surface area contributed by atoms with Crippen molar-refractivity contribution in [1.29, 1.82) is 0 Å². The quantitative estimate of drug-likeness (QED) is 0.628. The van der Waals surface area contributed by atoms with Crippen LogP contribution >= 0.6 is 0 Å². The zero-order valence-corrected chi connectivity index (χ0v) is 10.7. The zero-order chi connectivity index (χ0) is 14.6. The van der Waals surface area contributed by atoms with Crippen LogP contribution in [0, 0.1) is 15.9 Å². The molecular weight excluding hydrogens is 279 g/mol. The molecular formula is C10H11FN2O5S. The number of nitrogens with one attached hydrogen (secondary N) is 1. The summed E-state index contributed by atoms with van der Waals surface area (Å²) in [6.07, 6.45) is 0.990.